The van der Waals surface area contributed by atoms with Gasteiger partial charge in [0.05, 0.1) is 12.9 Å². The van der Waals surface area contributed by atoms with Gasteiger partial charge in [0.25, 0.3) is 14.2 Å². The van der Waals surface area contributed by atoms with Gasteiger partial charge < -0.3 is 14.5 Å². The SMILES string of the molecule is CCOC=CC(=O)NC(=O)N[C@H]1C[C@@H](CO[Si](c2ccccc2)(c2ccccc2)C(C)(C)C)C1. The van der Waals surface area contributed by atoms with Crippen LogP contribution in [0.5, 0.6) is 0 Å². The van der Waals surface area contributed by atoms with Crippen molar-refractivity contribution in [3.63, 3.8) is 0 Å². The number of benzene rings is 2. The van der Waals surface area contributed by atoms with Gasteiger partial charge in [0.2, 0.25) is 0 Å². The number of carbonyl (C=O) groups excluding carboxylic acids is 2. The molecule has 6 nitrogen and oxygen atoms in total. The summed E-state index contributed by atoms with van der Waals surface area (Å²) in [6.07, 6.45) is 4.14. The summed E-state index contributed by atoms with van der Waals surface area (Å²) < 4.78 is 11.9. The van der Waals surface area contributed by atoms with E-state index in [9.17, 15) is 9.59 Å². The second kappa shape index (κ2) is 11.5. The Labute approximate surface area is 203 Å². The molecule has 2 aromatic carbocycles. The fourth-order valence-electron chi connectivity index (χ4n) is 4.58. The summed E-state index contributed by atoms with van der Waals surface area (Å²) in [6.45, 7) is 9.74. The molecule has 0 aromatic heterocycles. The van der Waals surface area contributed by atoms with E-state index in [0.29, 0.717) is 19.1 Å². The lowest BCUT2D eigenvalue weighted by atomic mass is 9.81. The first kappa shape index (κ1) is 25.7. The minimum atomic E-state index is -2.55. The van der Waals surface area contributed by atoms with Crippen LogP contribution in [0.4, 0.5) is 4.79 Å². The fraction of sp³-hybridized carbons (Fsp3) is 0.407. The average Bonchev–Trinajstić information content (AvgIpc) is 2.78. The van der Waals surface area contributed by atoms with Gasteiger partial charge in [-0.2, -0.15) is 0 Å². The summed E-state index contributed by atoms with van der Waals surface area (Å²) in [5.41, 5.74) is 0. The first-order chi connectivity index (χ1) is 16.3. The quantitative estimate of drug-likeness (QED) is 0.326. The van der Waals surface area contributed by atoms with Gasteiger partial charge in [0, 0.05) is 18.7 Å². The summed E-state index contributed by atoms with van der Waals surface area (Å²) in [5, 5.41) is 7.63. The number of imide groups is 1. The predicted molar refractivity (Wildman–Crippen MR) is 138 cm³/mol. The fourth-order valence-corrected chi connectivity index (χ4v) is 9.22. The molecule has 1 saturated carbocycles. The minimum absolute atomic E-state index is 0.0384. The zero-order valence-electron chi connectivity index (χ0n) is 20.5. The van der Waals surface area contributed by atoms with Crippen molar-refractivity contribution in [3.8, 4) is 0 Å². The Bertz CT molecular complexity index is 928. The average molecular weight is 481 g/mol. The molecule has 0 atom stereocenters. The van der Waals surface area contributed by atoms with Crippen molar-refractivity contribution >= 4 is 30.6 Å². The van der Waals surface area contributed by atoms with Crippen LogP contribution in [0.3, 0.4) is 0 Å². The van der Waals surface area contributed by atoms with Crippen LogP contribution in [0.1, 0.15) is 40.5 Å². The second-order valence-corrected chi connectivity index (χ2v) is 14.0. The molecule has 7 heteroatoms. The molecule has 1 fully saturated rings. The highest BCUT2D eigenvalue weighted by atomic mass is 28.4. The van der Waals surface area contributed by atoms with Crippen molar-refractivity contribution in [2.75, 3.05) is 13.2 Å². The van der Waals surface area contributed by atoms with Crippen molar-refractivity contribution in [3.05, 3.63) is 73.0 Å². The van der Waals surface area contributed by atoms with Crippen LogP contribution >= 0.6 is 0 Å². The summed E-state index contributed by atoms with van der Waals surface area (Å²) in [7, 11) is -2.55. The Morgan fingerprint density at radius 2 is 1.56 bits per heavy atom. The van der Waals surface area contributed by atoms with Gasteiger partial charge in [-0.1, -0.05) is 81.4 Å². The van der Waals surface area contributed by atoms with Gasteiger partial charge in [-0.3, -0.25) is 10.1 Å². The van der Waals surface area contributed by atoms with Gasteiger partial charge >= 0.3 is 6.03 Å². The van der Waals surface area contributed by atoms with Crippen molar-refractivity contribution in [1.29, 1.82) is 0 Å². The van der Waals surface area contributed by atoms with Crippen molar-refractivity contribution in [1.82, 2.24) is 10.6 Å². The molecule has 0 unspecified atom stereocenters. The van der Waals surface area contributed by atoms with Crippen LogP contribution in [0.2, 0.25) is 5.04 Å². The first-order valence-electron chi connectivity index (χ1n) is 11.9. The highest BCUT2D eigenvalue weighted by molar-refractivity contribution is 6.99. The van der Waals surface area contributed by atoms with E-state index in [4.69, 9.17) is 9.16 Å². The third-order valence-corrected chi connectivity index (χ3v) is 11.2. The Morgan fingerprint density at radius 3 is 2.06 bits per heavy atom. The van der Waals surface area contributed by atoms with Gasteiger partial charge in [-0.15, -0.1) is 0 Å². The molecule has 182 valence electrons. The molecule has 1 aliphatic rings. The number of hydrogen-bond acceptors (Lipinski definition) is 4. The highest BCUT2D eigenvalue weighted by Crippen LogP contribution is 2.38. The molecule has 0 aliphatic heterocycles. The van der Waals surface area contributed by atoms with Gasteiger partial charge in [0.15, 0.2) is 0 Å². The Hall–Kier alpha value is -2.90. The van der Waals surface area contributed by atoms with Crippen molar-refractivity contribution < 1.29 is 18.8 Å². The lowest BCUT2D eigenvalue weighted by Crippen LogP contribution is -2.67. The second-order valence-electron chi connectivity index (χ2n) is 9.73. The van der Waals surface area contributed by atoms with E-state index in [2.05, 4.69) is 79.9 Å². The van der Waals surface area contributed by atoms with E-state index in [0.717, 1.165) is 12.8 Å². The van der Waals surface area contributed by atoms with E-state index in [-0.39, 0.29) is 11.1 Å². The van der Waals surface area contributed by atoms with Gasteiger partial charge in [-0.05, 0) is 41.1 Å². The predicted octanol–water partition coefficient (Wildman–Crippen LogP) is 3.72. The molecule has 0 spiro atoms. The number of urea groups is 1. The summed E-state index contributed by atoms with van der Waals surface area (Å²) >= 11 is 0. The molecule has 0 heterocycles. The third-order valence-electron chi connectivity index (χ3n) is 6.24. The molecule has 3 amide bonds. The zero-order chi connectivity index (χ0) is 24.6. The molecule has 0 bridgehead atoms. The van der Waals surface area contributed by atoms with E-state index in [1.165, 1.54) is 22.7 Å². The van der Waals surface area contributed by atoms with E-state index >= 15 is 0 Å². The van der Waals surface area contributed by atoms with Gasteiger partial charge in [-0.25, -0.2) is 4.79 Å². The molecular formula is C27H36N2O4Si. The summed E-state index contributed by atoms with van der Waals surface area (Å²) in [4.78, 5) is 23.8. The maximum absolute atomic E-state index is 12.1. The number of carbonyl (C=O) groups is 2. The van der Waals surface area contributed by atoms with Crippen LogP contribution < -0.4 is 21.0 Å². The molecule has 0 saturated heterocycles. The monoisotopic (exact) mass is 480 g/mol. The highest BCUT2D eigenvalue weighted by Gasteiger charge is 2.50. The van der Waals surface area contributed by atoms with Crippen LogP contribution in [0.25, 0.3) is 0 Å². The maximum atomic E-state index is 12.1. The number of amides is 3. The van der Waals surface area contributed by atoms with Crippen LogP contribution in [0.15, 0.2) is 73.0 Å². The van der Waals surface area contributed by atoms with Crippen LogP contribution in [0, 0.1) is 5.92 Å². The first-order valence-corrected chi connectivity index (χ1v) is 13.8. The normalized spacial score (nSPS) is 18.2. The van der Waals surface area contributed by atoms with Crippen LogP contribution in [-0.2, 0) is 14.0 Å². The standard InChI is InChI=1S/C27H36N2O4Si/c1-5-32-17-16-25(30)29-26(31)28-22-18-21(19-22)20-33-34(27(2,3)4,23-12-8-6-9-13-23)24-14-10-7-11-15-24/h6-17,21-22H,5,18-20H2,1-4H3,(H2,28,29,30,31)/t21-,22+. The number of ether oxygens (including phenoxy) is 1. The number of hydrogen-bond donors (Lipinski definition) is 2. The topological polar surface area (TPSA) is 76.7 Å². The number of rotatable bonds is 9. The maximum Gasteiger partial charge on any atom is 0.321 e. The van der Waals surface area contributed by atoms with E-state index in [1.807, 2.05) is 19.1 Å². The summed E-state index contributed by atoms with van der Waals surface area (Å²) in [6, 6.07) is 20.7. The minimum Gasteiger partial charge on any atom is -0.501 e. The molecule has 2 N–H and O–H groups in total. The molecule has 0 radical (unpaired) electrons. The lowest BCUT2D eigenvalue weighted by Gasteiger charge is -2.45. The third kappa shape index (κ3) is 6.15. The van der Waals surface area contributed by atoms with Crippen LogP contribution in [-0.4, -0.2) is 39.5 Å². The Kier molecular flexibility index (Phi) is 8.69. The molecule has 3 rings (SSSR count). The summed E-state index contributed by atoms with van der Waals surface area (Å²) in [5.74, 6) is -0.141. The van der Waals surface area contributed by atoms with Gasteiger partial charge in [0.1, 0.15) is 0 Å². The van der Waals surface area contributed by atoms with E-state index in [1.54, 1.807) is 0 Å². The molecule has 2 aromatic rings. The van der Waals surface area contributed by atoms with E-state index < -0.39 is 20.3 Å². The number of nitrogens with one attached hydrogen (secondary N) is 2. The Morgan fingerprint density at radius 1 is 1.00 bits per heavy atom. The smallest absolute Gasteiger partial charge is 0.321 e. The zero-order valence-corrected chi connectivity index (χ0v) is 21.5. The van der Waals surface area contributed by atoms with Crippen molar-refractivity contribution in [2.45, 2.75) is 51.6 Å². The lowest BCUT2D eigenvalue weighted by molar-refractivity contribution is -0.115. The van der Waals surface area contributed by atoms with Crippen molar-refractivity contribution in [2.24, 2.45) is 5.92 Å². The molecule has 1 aliphatic carbocycles. The Balaban J connectivity index is 1.62. The molecular weight excluding hydrogens is 444 g/mol. The molecule has 34 heavy (non-hydrogen) atoms. The largest absolute Gasteiger partial charge is 0.501 e.